The molecule has 3 aromatic rings. The number of Topliss-reactive ketones (excluding diaryl/α,β-unsaturated/α-hetero) is 1. The number of aromatic nitrogens is 2. The zero-order valence-electron chi connectivity index (χ0n) is 14.7. The molecule has 26 heavy (non-hydrogen) atoms. The lowest BCUT2D eigenvalue weighted by molar-refractivity contribution is 0.0981. The van der Waals surface area contributed by atoms with Gasteiger partial charge in [-0.25, -0.2) is 9.78 Å². The van der Waals surface area contributed by atoms with Gasteiger partial charge in [0.1, 0.15) is 0 Å². The molecule has 0 aliphatic heterocycles. The normalized spacial score (nSPS) is 10.7. The van der Waals surface area contributed by atoms with Gasteiger partial charge < -0.3 is 4.57 Å². The van der Waals surface area contributed by atoms with Crippen molar-refractivity contribution >= 4 is 21.7 Å². The summed E-state index contributed by atoms with van der Waals surface area (Å²) in [5, 5.41) is 0. The highest BCUT2D eigenvalue weighted by Gasteiger charge is 2.11. The van der Waals surface area contributed by atoms with Crippen molar-refractivity contribution in [1.82, 2.24) is 9.55 Å². The Morgan fingerprint density at radius 2 is 1.88 bits per heavy atom. The second kappa shape index (κ2) is 7.79. The Balaban J connectivity index is 1.79. The summed E-state index contributed by atoms with van der Waals surface area (Å²) in [5.74, 6) is -0.0125. The zero-order valence-corrected chi connectivity index (χ0v) is 16.3. The number of ketones is 1. The van der Waals surface area contributed by atoms with Crippen molar-refractivity contribution in [2.45, 2.75) is 19.8 Å². The minimum atomic E-state index is -0.361. The molecule has 2 aromatic carbocycles. The van der Waals surface area contributed by atoms with E-state index in [9.17, 15) is 9.59 Å². The second-order valence-corrected chi connectivity index (χ2v) is 7.17. The number of hydrogen-bond donors (Lipinski definition) is 0. The summed E-state index contributed by atoms with van der Waals surface area (Å²) in [6.07, 6.45) is 3.93. The number of benzene rings is 2. The Morgan fingerprint density at radius 1 is 1.15 bits per heavy atom. The highest BCUT2D eigenvalue weighted by molar-refractivity contribution is 9.10. The molecular weight excluding hydrogens is 392 g/mol. The predicted molar refractivity (Wildman–Crippen MR) is 106 cm³/mol. The molecular formula is C21H19BrN2O2. The van der Waals surface area contributed by atoms with Crippen LogP contribution in [0.4, 0.5) is 0 Å². The van der Waals surface area contributed by atoms with Crippen molar-refractivity contribution in [3.05, 3.63) is 86.5 Å². The number of carbonyl (C=O) groups excluding carboxylic acids is 1. The predicted octanol–water partition coefficient (Wildman–Crippen LogP) is 4.33. The maximum absolute atomic E-state index is 12.4. The van der Waals surface area contributed by atoms with Crippen molar-refractivity contribution < 1.29 is 4.79 Å². The molecule has 132 valence electrons. The molecule has 0 fully saturated rings. The highest BCUT2D eigenvalue weighted by atomic mass is 79.9. The fourth-order valence-corrected chi connectivity index (χ4v) is 3.21. The van der Waals surface area contributed by atoms with E-state index >= 15 is 0 Å². The van der Waals surface area contributed by atoms with E-state index in [1.54, 1.807) is 13.2 Å². The third kappa shape index (κ3) is 3.99. The van der Waals surface area contributed by atoms with Crippen LogP contribution >= 0.6 is 15.9 Å². The minimum Gasteiger partial charge on any atom is -0.302 e. The van der Waals surface area contributed by atoms with E-state index in [0.717, 1.165) is 15.6 Å². The molecule has 0 aliphatic rings. The van der Waals surface area contributed by atoms with E-state index in [-0.39, 0.29) is 11.5 Å². The first-order valence-electron chi connectivity index (χ1n) is 8.36. The molecule has 0 radical (unpaired) electrons. The van der Waals surface area contributed by atoms with Crippen LogP contribution in [0.1, 0.15) is 27.9 Å². The topological polar surface area (TPSA) is 52.0 Å². The van der Waals surface area contributed by atoms with E-state index in [4.69, 9.17) is 0 Å². The average Bonchev–Trinajstić information content (AvgIpc) is 2.64. The second-order valence-electron chi connectivity index (χ2n) is 6.26. The fourth-order valence-electron chi connectivity index (χ4n) is 2.95. The average molecular weight is 411 g/mol. The van der Waals surface area contributed by atoms with Gasteiger partial charge in [-0.3, -0.25) is 4.79 Å². The monoisotopic (exact) mass is 410 g/mol. The van der Waals surface area contributed by atoms with E-state index in [2.05, 4.69) is 52.1 Å². The van der Waals surface area contributed by atoms with Crippen LogP contribution in [-0.2, 0) is 13.5 Å². The summed E-state index contributed by atoms with van der Waals surface area (Å²) >= 11 is 3.46. The quantitative estimate of drug-likeness (QED) is 0.588. The highest BCUT2D eigenvalue weighted by Crippen LogP contribution is 2.27. The standard InChI is InChI=1S/C21H19BrN2O2/c1-14-15(4-3-5-19(14)16-6-9-18(22)10-7-16)8-11-20(25)17-12-23-21(26)24(2)13-17/h3-7,9-10,12-13H,8,11H2,1-2H3. The van der Waals surface area contributed by atoms with E-state index in [1.165, 1.54) is 21.9 Å². The van der Waals surface area contributed by atoms with E-state index < -0.39 is 0 Å². The largest absolute Gasteiger partial charge is 0.347 e. The van der Waals surface area contributed by atoms with Crippen LogP contribution in [0.5, 0.6) is 0 Å². The van der Waals surface area contributed by atoms with Gasteiger partial charge >= 0.3 is 5.69 Å². The molecule has 0 spiro atoms. The van der Waals surface area contributed by atoms with Crippen LogP contribution in [0.2, 0.25) is 0 Å². The van der Waals surface area contributed by atoms with Crippen LogP contribution in [0.15, 0.2) is 64.1 Å². The number of aryl methyl sites for hydroxylation is 2. The van der Waals surface area contributed by atoms with Gasteiger partial charge in [-0.15, -0.1) is 0 Å². The molecule has 0 N–H and O–H groups in total. The van der Waals surface area contributed by atoms with Crippen molar-refractivity contribution in [2.75, 3.05) is 0 Å². The lowest BCUT2D eigenvalue weighted by atomic mass is 9.93. The van der Waals surface area contributed by atoms with Crippen molar-refractivity contribution in [3.63, 3.8) is 0 Å². The first kappa shape index (κ1) is 18.3. The van der Waals surface area contributed by atoms with E-state index in [1.807, 2.05) is 18.2 Å². The molecule has 0 saturated heterocycles. The summed E-state index contributed by atoms with van der Waals surface area (Å²) in [5.41, 5.74) is 4.76. The summed E-state index contributed by atoms with van der Waals surface area (Å²) in [4.78, 5) is 27.5. The van der Waals surface area contributed by atoms with Gasteiger partial charge in [0.2, 0.25) is 0 Å². The van der Waals surface area contributed by atoms with Crippen LogP contribution in [0, 0.1) is 6.92 Å². The fraction of sp³-hybridized carbons (Fsp3) is 0.190. The SMILES string of the molecule is Cc1c(CCC(=O)c2cnc(=O)n(C)c2)cccc1-c1ccc(Br)cc1. The number of nitrogens with zero attached hydrogens (tertiary/aromatic N) is 2. The van der Waals surface area contributed by atoms with Gasteiger partial charge in [0.25, 0.3) is 0 Å². The van der Waals surface area contributed by atoms with Crippen LogP contribution < -0.4 is 5.69 Å². The van der Waals surface area contributed by atoms with Crippen LogP contribution in [0.3, 0.4) is 0 Å². The third-order valence-corrected chi connectivity index (χ3v) is 5.02. The van der Waals surface area contributed by atoms with Crippen molar-refractivity contribution in [3.8, 4) is 11.1 Å². The molecule has 0 unspecified atom stereocenters. The van der Waals surface area contributed by atoms with Crippen LogP contribution in [0.25, 0.3) is 11.1 Å². The van der Waals surface area contributed by atoms with Gasteiger partial charge in [-0.05, 0) is 47.7 Å². The summed E-state index contributed by atoms with van der Waals surface area (Å²) in [7, 11) is 1.60. The van der Waals surface area contributed by atoms with Gasteiger partial charge in [0.05, 0.1) is 5.56 Å². The Morgan fingerprint density at radius 3 is 2.58 bits per heavy atom. The molecule has 3 rings (SSSR count). The molecule has 4 nitrogen and oxygen atoms in total. The summed E-state index contributed by atoms with van der Waals surface area (Å²) in [6, 6.07) is 14.4. The number of hydrogen-bond acceptors (Lipinski definition) is 3. The summed E-state index contributed by atoms with van der Waals surface area (Å²) in [6.45, 7) is 2.09. The third-order valence-electron chi connectivity index (χ3n) is 4.49. The van der Waals surface area contributed by atoms with E-state index in [0.29, 0.717) is 18.4 Å². The molecule has 0 bridgehead atoms. The Kier molecular flexibility index (Phi) is 5.47. The lowest BCUT2D eigenvalue weighted by Crippen LogP contribution is -2.20. The molecule has 0 aliphatic carbocycles. The maximum atomic E-state index is 12.4. The Hall–Kier alpha value is -2.53. The molecule has 0 amide bonds. The molecule has 0 atom stereocenters. The van der Waals surface area contributed by atoms with Gasteiger partial charge in [0, 0.05) is 30.3 Å². The minimum absolute atomic E-state index is 0.0125. The van der Waals surface area contributed by atoms with Crippen LogP contribution in [-0.4, -0.2) is 15.3 Å². The van der Waals surface area contributed by atoms with Crippen molar-refractivity contribution in [1.29, 1.82) is 0 Å². The zero-order chi connectivity index (χ0) is 18.7. The maximum Gasteiger partial charge on any atom is 0.347 e. The number of carbonyl (C=O) groups is 1. The smallest absolute Gasteiger partial charge is 0.302 e. The van der Waals surface area contributed by atoms with Gasteiger partial charge in [0.15, 0.2) is 5.78 Å². The number of halogens is 1. The summed E-state index contributed by atoms with van der Waals surface area (Å²) < 4.78 is 2.37. The first-order chi connectivity index (χ1) is 12.5. The molecule has 1 aromatic heterocycles. The molecule has 5 heteroatoms. The number of rotatable bonds is 5. The van der Waals surface area contributed by atoms with Crippen molar-refractivity contribution in [2.24, 2.45) is 7.05 Å². The first-order valence-corrected chi connectivity index (χ1v) is 9.15. The molecule has 1 heterocycles. The molecule has 0 saturated carbocycles. The van der Waals surface area contributed by atoms with Gasteiger partial charge in [-0.1, -0.05) is 46.3 Å². The Bertz CT molecular complexity index is 1010. The lowest BCUT2D eigenvalue weighted by Gasteiger charge is -2.12. The Labute approximate surface area is 160 Å². The van der Waals surface area contributed by atoms with Gasteiger partial charge in [-0.2, -0.15) is 0 Å².